The SMILES string of the molecule is COc1ccc(C(=O)N(CC2CCCO2)C2CC(C(=O)N3CCNCC3)N(C(C)=O)C2)cc1. The van der Waals surface area contributed by atoms with Crippen molar-refractivity contribution in [3.63, 3.8) is 0 Å². The van der Waals surface area contributed by atoms with E-state index in [1.165, 1.54) is 6.92 Å². The van der Waals surface area contributed by atoms with E-state index in [9.17, 15) is 14.4 Å². The lowest BCUT2D eigenvalue weighted by Crippen LogP contribution is -2.53. The molecule has 0 saturated carbocycles. The first-order valence-electron chi connectivity index (χ1n) is 11.8. The molecule has 33 heavy (non-hydrogen) atoms. The second-order valence-electron chi connectivity index (χ2n) is 8.97. The van der Waals surface area contributed by atoms with Crippen molar-refractivity contribution in [1.29, 1.82) is 0 Å². The Bertz CT molecular complexity index is 849. The Labute approximate surface area is 195 Å². The first-order valence-corrected chi connectivity index (χ1v) is 11.8. The number of piperazine rings is 1. The second-order valence-corrected chi connectivity index (χ2v) is 8.97. The molecule has 1 N–H and O–H groups in total. The van der Waals surface area contributed by atoms with Crippen molar-refractivity contribution in [2.45, 2.75) is 44.4 Å². The van der Waals surface area contributed by atoms with E-state index in [1.54, 1.807) is 36.3 Å². The number of hydrogen-bond acceptors (Lipinski definition) is 6. The molecule has 9 nitrogen and oxygen atoms in total. The van der Waals surface area contributed by atoms with Gasteiger partial charge in [0.1, 0.15) is 11.8 Å². The molecule has 0 radical (unpaired) electrons. The molecule has 180 valence electrons. The van der Waals surface area contributed by atoms with Crippen LogP contribution in [0.2, 0.25) is 0 Å². The lowest BCUT2D eigenvalue weighted by atomic mass is 10.1. The van der Waals surface area contributed by atoms with E-state index < -0.39 is 6.04 Å². The first kappa shape index (κ1) is 23.5. The third-order valence-electron chi connectivity index (χ3n) is 6.86. The quantitative estimate of drug-likeness (QED) is 0.676. The van der Waals surface area contributed by atoms with Crippen LogP contribution >= 0.6 is 0 Å². The van der Waals surface area contributed by atoms with Gasteiger partial charge >= 0.3 is 0 Å². The van der Waals surface area contributed by atoms with Crippen LogP contribution in [0.4, 0.5) is 0 Å². The number of carbonyl (C=O) groups is 3. The highest BCUT2D eigenvalue weighted by Gasteiger charge is 2.44. The Morgan fingerprint density at radius 2 is 1.91 bits per heavy atom. The summed E-state index contributed by atoms with van der Waals surface area (Å²) < 4.78 is 11.1. The van der Waals surface area contributed by atoms with Crippen LogP contribution in [0.15, 0.2) is 24.3 Å². The molecular weight excluding hydrogens is 424 g/mol. The Hall–Kier alpha value is -2.65. The van der Waals surface area contributed by atoms with Crippen LogP contribution in [0.1, 0.15) is 36.5 Å². The van der Waals surface area contributed by atoms with Crippen LogP contribution in [0.5, 0.6) is 5.75 Å². The molecule has 0 aromatic heterocycles. The first-order chi connectivity index (χ1) is 16.0. The topological polar surface area (TPSA) is 91.4 Å². The van der Waals surface area contributed by atoms with Crippen LogP contribution in [0.25, 0.3) is 0 Å². The molecule has 3 aliphatic heterocycles. The normalized spacial score (nSPS) is 25.2. The molecule has 0 spiro atoms. The molecule has 3 unspecified atom stereocenters. The van der Waals surface area contributed by atoms with Gasteiger partial charge in [0.05, 0.1) is 19.3 Å². The van der Waals surface area contributed by atoms with Crippen molar-refractivity contribution < 1.29 is 23.9 Å². The summed E-state index contributed by atoms with van der Waals surface area (Å²) in [5.74, 6) is 0.405. The molecule has 9 heteroatoms. The number of carbonyl (C=O) groups excluding carboxylic acids is 3. The fourth-order valence-corrected chi connectivity index (χ4v) is 5.02. The molecular formula is C24H34N4O5. The third kappa shape index (κ3) is 5.30. The minimum atomic E-state index is -0.540. The van der Waals surface area contributed by atoms with Gasteiger partial charge in [-0.15, -0.1) is 0 Å². The summed E-state index contributed by atoms with van der Waals surface area (Å²) in [7, 11) is 1.59. The van der Waals surface area contributed by atoms with Gasteiger partial charge in [0, 0.05) is 58.4 Å². The number of amides is 3. The number of nitrogens with one attached hydrogen (secondary N) is 1. The van der Waals surface area contributed by atoms with Crippen LogP contribution in [-0.4, -0.2) is 104 Å². The van der Waals surface area contributed by atoms with Gasteiger partial charge < -0.3 is 29.5 Å². The van der Waals surface area contributed by atoms with E-state index in [0.29, 0.717) is 50.5 Å². The number of nitrogens with zero attached hydrogens (tertiary/aromatic N) is 3. The Kier molecular flexibility index (Phi) is 7.49. The molecule has 4 rings (SSSR count). The van der Waals surface area contributed by atoms with Gasteiger partial charge in [0.2, 0.25) is 11.8 Å². The van der Waals surface area contributed by atoms with Crippen LogP contribution in [-0.2, 0) is 14.3 Å². The Balaban J connectivity index is 1.56. The van der Waals surface area contributed by atoms with E-state index in [4.69, 9.17) is 9.47 Å². The molecule has 3 atom stereocenters. The van der Waals surface area contributed by atoms with E-state index >= 15 is 0 Å². The molecule has 0 aliphatic carbocycles. The maximum Gasteiger partial charge on any atom is 0.254 e. The zero-order valence-electron chi connectivity index (χ0n) is 19.5. The summed E-state index contributed by atoms with van der Waals surface area (Å²) >= 11 is 0. The van der Waals surface area contributed by atoms with Crippen molar-refractivity contribution in [1.82, 2.24) is 20.0 Å². The number of rotatable bonds is 6. The summed E-state index contributed by atoms with van der Waals surface area (Å²) in [6, 6.07) is 6.26. The van der Waals surface area contributed by atoms with Gasteiger partial charge in [0.15, 0.2) is 0 Å². The average Bonchev–Trinajstić information content (AvgIpc) is 3.52. The highest BCUT2D eigenvalue weighted by molar-refractivity contribution is 5.95. The zero-order chi connectivity index (χ0) is 23.4. The molecule has 3 heterocycles. The van der Waals surface area contributed by atoms with Gasteiger partial charge in [-0.25, -0.2) is 0 Å². The number of benzene rings is 1. The van der Waals surface area contributed by atoms with Crippen molar-refractivity contribution >= 4 is 17.7 Å². The lowest BCUT2D eigenvalue weighted by molar-refractivity contribution is -0.143. The maximum absolute atomic E-state index is 13.6. The largest absolute Gasteiger partial charge is 0.497 e. The third-order valence-corrected chi connectivity index (χ3v) is 6.86. The van der Waals surface area contributed by atoms with Crippen LogP contribution in [0, 0.1) is 0 Å². The molecule has 3 aliphatic rings. The Morgan fingerprint density at radius 3 is 2.52 bits per heavy atom. The number of ether oxygens (including phenoxy) is 2. The smallest absolute Gasteiger partial charge is 0.254 e. The summed E-state index contributed by atoms with van der Waals surface area (Å²) in [5, 5.41) is 3.25. The van der Waals surface area contributed by atoms with Gasteiger partial charge in [-0.2, -0.15) is 0 Å². The van der Waals surface area contributed by atoms with Gasteiger partial charge in [-0.3, -0.25) is 14.4 Å². The molecule has 3 fully saturated rings. The zero-order valence-corrected chi connectivity index (χ0v) is 19.5. The van der Waals surface area contributed by atoms with Crippen molar-refractivity contribution in [2.24, 2.45) is 0 Å². The van der Waals surface area contributed by atoms with E-state index in [2.05, 4.69) is 5.32 Å². The number of methoxy groups -OCH3 is 1. The van der Waals surface area contributed by atoms with Gasteiger partial charge in [0.25, 0.3) is 5.91 Å². The molecule has 1 aromatic rings. The monoisotopic (exact) mass is 458 g/mol. The minimum Gasteiger partial charge on any atom is -0.497 e. The van der Waals surface area contributed by atoms with Gasteiger partial charge in [-0.1, -0.05) is 0 Å². The number of likely N-dealkylation sites (tertiary alicyclic amines) is 1. The number of hydrogen-bond donors (Lipinski definition) is 1. The summed E-state index contributed by atoms with van der Waals surface area (Å²) in [5.41, 5.74) is 0.556. The van der Waals surface area contributed by atoms with Crippen molar-refractivity contribution in [3.8, 4) is 5.75 Å². The van der Waals surface area contributed by atoms with E-state index in [-0.39, 0.29) is 29.9 Å². The van der Waals surface area contributed by atoms with Crippen LogP contribution < -0.4 is 10.1 Å². The van der Waals surface area contributed by atoms with E-state index in [1.807, 2.05) is 9.80 Å². The highest BCUT2D eigenvalue weighted by Crippen LogP contribution is 2.28. The van der Waals surface area contributed by atoms with Crippen molar-refractivity contribution in [2.75, 3.05) is 53.0 Å². The fourth-order valence-electron chi connectivity index (χ4n) is 5.02. The maximum atomic E-state index is 13.6. The highest BCUT2D eigenvalue weighted by atomic mass is 16.5. The molecule has 1 aromatic carbocycles. The predicted molar refractivity (Wildman–Crippen MR) is 122 cm³/mol. The summed E-state index contributed by atoms with van der Waals surface area (Å²) in [6.45, 7) is 5.78. The fraction of sp³-hybridized carbons (Fsp3) is 0.625. The predicted octanol–water partition coefficient (Wildman–Crippen LogP) is 0.738. The average molecular weight is 459 g/mol. The molecule has 3 saturated heterocycles. The second kappa shape index (κ2) is 10.5. The minimum absolute atomic E-state index is 0.0248. The lowest BCUT2D eigenvalue weighted by Gasteiger charge is -2.32. The summed E-state index contributed by atoms with van der Waals surface area (Å²) in [4.78, 5) is 44.6. The molecule has 0 bridgehead atoms. The summed E-state index contributed by atoms with van der Waals surface area (Å²) in [6.07, 6.45) is 2.29. The van der Waals surface area contributed by atoms with Crippen LogP contribution in [0.3, 0.4) is 0 Å². The van der Waals surface area contributed by atoms with Crippen molar-refractivity contribution in [3.05, 3.63) is 29.8 Å². The van der Waals surface area contributed by atoms with Gasteiger partial charge in [-0.05, 0) is 43.5 Å². The molecule has 3 amide bonds. The van der Waals surface area contributed by atoms with E-state index in [0.717, 1.165) is 25.9 Å². The standard InChI is InChI=1S/C24H34N4O5/c1-17(29)27-15-19(14-22(27)24(31)26-11-9-25-10-12-26)28(16-21-4-3-13-33-21)23(30)18-5-7-20(32-2)8-6-18/h5-8,19,21-22,25H,3-4,9-16H2,1-2H3. The Morgan fingerprint density at radius 1 is 1.18 bits per heavy atom.